The Kier molecular flexibility index (Phi) is 8.82. The Labute approximate surface area is 254 Å². The smallest absolute Gasteiger partial charge is 0.247 e. The van der Waals surface area contributed by atoms with Gasteiger partial charge in [0.2, 0.25) is 17.7 Å². The highest BCUT2D eigenvalue weighted by Gasteiger charge is 2.74. The third-order valence-corrected chi connectivity index (χ3v) is 11.0. The number of hydrogen-bond donors (Lipinski definition) is 1. The summed E-state index contributed by atoms with van der Waals surface area (Å²) in [5, 5.41) is 10.6. The molecule has 1 N–H and O–H groups in total. The molecule has 228 valence electrons. The van der Waals surface area contributed by atoms with Gasteiger partial charge in [0.1, 0.15) is 11.8 Å². The van der Waals surface area contributed by atoms with Gasteiger partial charge in [0.15, 0.2) is 0 Å². The van der Waals surface area contributed by atoms with Crippen molar-refractivity contribution in [3.05, 3.63) is 48.6 Å². The quantitative estimate of drug-likeness (QED) is 0.406. The highest BCUT2D eigenvalue weighted by Crippen LogP contribution is 2.66. The van der Waals surface area contributed by atoms with E-state index in [4.69, 9.17) is 4.74 Å². The molecule has 9 heteroatoms. The minimum atomic E-state index is -0.916. The summed E-state index contributed by atoms with van der Waals surface area (Å²) in [7, 11) is 0. The predicted octanol–water partition coefficient (Wildman–Crippen LogP) is 4.28. The zero-order valence-corrected chi connectivity index (χ0v) is 26.3. The summed E-state index contributed by atoms with van der Waals surface area (Å²) in [5.41, 5.74) is 0.744. The lowest BCUT2D eigenvalue weighted by atomic mass is 9.74. The van der Waals surface area contributed by atoms with E-state index in [1.165, 1.54) is 0 Å². The SMILES string of the molecule is CCCCN1CC=C[C@]23S[C@@]4(C)C=CCN(c5ccc(OCC)cc5)C(=O)[C@H]4[C@H]2C(=O)N([C@@H](CO)CC(C)C)C3C1=O. The molecule has 4 aliphatic rings. The predicted molar refractivity (Wildman–Crippen MR) is 166 cm³/mol. The Morgan fingerprint density at radius 1 is 1.00 bits per heavy atom. The number of aliphatic hydroxyl groups is 1. The first-order chi connectivity index (χ1) is 20.1. The molecule has 1 spiro atoms. The van der Waals surface area contributed by atoms with E-state index < -0.39 is 33.4 Å². The number of fused-ring (bicyclic) bond motifs is 2. The van der Waals surface area contributed by atoms with Gasteiger partial charge < -0.3 is 24.5 Å². The lowest BCUT2D eigenvalue weighted by Crippen LogP contribution is -2.57. The largest absolute Gasteiger partial charge is 0.494 e. The molecule has 5 rings (SSSR count). The number of anilines is 1. The van der Waals surface area contributed by atoms with E-state index in [2.05, 4.69) is 32.9 Å². The van der Waals surface area contributed by atoms with E-state index in [9.17, 15) is 19.5 Å². The van der Waals surface area contributed by atoms with Crippen LogP contribution in [0.3, 0.4) is 0 Å². The minimum absolute atomic E-state index is 0.0844. The lowest BCUT2D eigenvalue weighted by Gasteiger charge is -2.40. The number of rotatable bonds is 10. The molecule has 1 unspecified atom stereocenters. The summed E-state index contributed by atoms with van der Waals surface area (Å²) in [4.78, 5) is 49.0. The van der Waals surface area contributed by atoms with Crippen molar-refractivity contribution >= 4 is 35.2 Å². The molecule has 2 fully saturated rings. The van der Waals surface area contributed by atoms with Crippen molar-refractivity contribution in [1.29, 1.82) is 0 Å². The van der Waals surface area contributed by atoms with Crippen LogP contribution < -0.4 is 9.64 Å². The van der Waals surface area contributed by atoms with Crippen molar-refractivity contribution in [3.63, 3.8) is 0 Å². The summed E-state index contributed by atoms with van der Waals surface area (Å²) in [6.45, 7) is 12.0. The van der Waals surface area contributed by atoms with Crippen molar-refractivity contribution in [2.45, 2.75) is 75.5 Å². The van der Waals surface area contributed by atoms with E-state index >= 15 is 0 Å². The van der Waals surface area contributed by atoms with Crippen LogP contribution >= 0.6 is 11.8 Å². The number of unbranched alkanes of at least 4 members (excludes halogenated alkanes) is 1. The number of hydrogen-bond acceptors (Lipinski definition) is 6. The second kappa shape index (κ2) is 12.1. The molecule has 3 amide bonds. The Hall–Kier alpha value is -2.78. The van der Waals surface area contributed by atoms with Gasteiger partial charge in [-0.05, 0) is 56.9 Å². The summed E-state index contributed by atoms with van der Waals surface area (Å²) in [5.74, 6) is -0.859. The number of thioether (sulfide) groups is 1. The molecule has 42 heavy (non-hydrogen) atoms. The van der Waals surface area contributed by atoms with Gasteiger partial charge in [-0.2, -0.15) is 0 Å². The molecule has 4 heterocycles. The van der Waals surface area contributed by atoms with E-state index in [0.717, 1.165) is 24.3 Å². The number of aliphatic hydroxyl groups excluding tert-OH is 1. The van der Waals surface area contributed by atoms with Crippen LogP contribution in [0.5, 0.6) is 5.75 Å². The van der Waals surface area contributed by atoms with E-state index in [1.807, 2.05) is 55.2 Å². The second-order valence-electron chi connectivity index (χ2n) is 12.5. The van der Waals surface area contributed by atoms with Gasteiger partial charge in [-0.1, -0.05) is 51.5 Å². The van der Waals surface area contributed by atoms with Crippen LogP contribution in [-0.4, -0.2) is 87.1 Å². The molecule has 0 bridgehead atoms. The maximum absolute atomic E-state index is 14.7. The van der Waals surface area contributed by atoms with Crippen molar-refractivity contribution in [3.8, 4) is 5.75 Å². The minimum Gasteiger partial charge on any atom is -0.494 e. The summed E-state index contributed by atoms with van der Waals surface area (Å²) in [6, 6.07) is 6.20. The van der Waals surface area contributed by atoms with E-state index in [1.54, 1.807) is 21.6 Å². The highest BCUT2D eigenvalue weighted by molar-refractivity contribution is 8.02. The summed E-state index contributed by atoms with van der Waals surface area (Å²) in [6.07, 6.45) is 10.6. The van der Waals surface area contributed by atoms with Gasteiger partial charge in [-0.3, -0.25) is 14.4 Å². The fourth-order valence-corrected chi connectivity index (χ4v) is 9.54. The number of ether oxygens (including phenoxy) is 1. The van der Waals surface area contributed by atoms with Crippen LogP contribution in [0.2, 0.25) is 0 Å². The zero-order valence-electron chi connectivity index (χ0n) is 25.5. The maximum Gasteiger partial charge on any atom is 0.247 e. The molecule has 0 aliphatic carbocycles. The normalized spacial score (nSPS) is 31.3. The molecular weight excluding hydrogens is 550 g/mol. The van der Waals surface area contributed by atoms with Gasteiger partial charge in [0, 0.05) is 30.1 Å². The molecule has 4 aliphatic heterocycles. The molecule has 0 radical (unpaired) electrons. The Morgan fingerprint density at radius 3 is 2.36 bits per heavy atom. The van der Waals surface area contributed by atoms with Crippen molar-refractivity contribution in [2.75, 3.05) is 37.7 Å². The molecule has 0 aromatic heterocycles. The molecule has 8 nitrogen and oxygen atoms in total. The molecule has 0 saturated carbocycles. The van der Waals surface area contributed by atoms with Gasteiger partial charge in [-0.25, -0.2) is 0 Å². The van der Waals surface area contributed by atoms with Crippen molar-refractivity contribution in [1.82, 2.24) is 9.80 Å². The Balaban J connectivity index is 1.60. The molecular formula is C33H45N3O5S. The standard InChI is InChI=1S/C33H45N3O5S/c1-6-8-17-34-18-10-16-33-27(30(39)36(28(33)31(34)40)24(21-37)20-22(3)4)26-29(38)35(19-9-15-32(26,5)42-33)23-11-13-25(14-12-23)41-7-2/h9-16,22,24,26-28,37H,6-8,17-21H2,1-5H3/t24-,26-,27+,28?,32+,33+/m1/s1. The van der Waals surface area contributed by atoms with Crippen molar-refractivity contribution in [2.24, 2.45) is 17.8 Å². The van der Waals surface area contributed by atoms with Crippen LogP contribution in [0, 0.1) is 17.8 Å². The van der Waals surface area contributed by atoms with Gasteiger partial charge in [-0.15, -0.1) is 11.8 Å². The Morgan fingerprint density at radius 2 is 1.71 bits per heavy atom. The zero-order chi connectivity index (χ0) is 30.2. The van der Waals surface area contributed by atoms with Crippen LogP contribution in [-0.2, 0) is 14.4 Å². The maximum atomic E-state index is 14.7. The molecule has 1 aromatic rings. The van der Waals surface area contributed by atoms with Gasteiger partial charge in [0.25, 0.3) is 0 Å². The van der Waals surface area contributed by atoms with Crippen molar-refractivity contribution < 1.29 is 24.2 Å². The second-order valence-corrected chi connectivity index (χ2v) is 14.3. The summed E-state index contributed by atoms with van der Waals surface area (Å²) >= 11 is 1.59. The van der Waals surface area contributed by atoms with Crippen LogP contribution in [0.25, 0.3) is 0 Å². The van der Waals surface area contributed by atoms with Gasteiger partial charge in [0.05, 0.1) is 35.8 Å². The average Bonchev–Trinajstić information content (AvgIpc) is 3.23. The van der Waals surface area contributed by atoms with E-state index in [-0.39, 0.29) is 30.2 Å². The lowest BCUT2D eigenvalue weighted by molar-refractivity contribution is -0.146. The molecule has 1 aromatic carbocycles. The number of benzene rings is 1. The summed E-state index contributed by atoms with van der Waals surface area (Å²) < 4.78 is 4.01. The molecule has 2 saturated heterocycles. The fraction of sp³-hybridized carbons (Fsp3) is 0.606. The van der Waals surface area contributed by atoms with E-state index in [0.29, 0.717) is 32.7 Å². The fourth-order valence-electron chi connectivity index (χ4n) is 7.39. The monoisotopic (exact) mass is 595 g/mol. The number of nitrogens with zero attached hydrogens (tertiary/aromatic N) is 3. The first kappa shape index (κ1) is 30.7. The highest BCUT2D eigenvalue weighted by atomic mass is 32.2. The third-order valence-electron chi connectivity index (χ3n) is 9.17. The van der Waals surface area contributed by atoms with Crippen LogP contribution in [0.1, 0.15) is 53.9 Å². The van der Waals surface area contributed by atoms with Gasteiger partial charge >= 0.3 is 0 Å². The topological polar surface area (TPSA) is 90.4 Å². The van der Waals surface area contributed by atoms with Crippen LogP contribution in [0.4, 0.5) is 5.69 Å². The third kappa shape index (κ3) is 5.06. The molecule has 6 atom stereocenters. The Bertz CT molecular complexity index is 1250. The average molecular weight is 596 g/mol. The number of carbonyl (C=O) groups excluding carboxylic acids is 3. The number of carbonyl (C=O) groups is 3. The number of amides is 3. The first-order valence-electron chi connectivity index (χ1n) is 15.4. The number of likely N-dealkylation sites (tertiary alicyclic amines) is 1. The van der Waals surface area contributed by atoms with Crippen LogP contribution in [0.15, 0.2) is 48.6 Å². The first-order valence-corrected chi connectivity index (χ1v) is 16.2.